The van der Waals surface area contributed by atoms with Gasteiger partial charge in [-0.25, -0.2) is 0 Å². The third-order valence-corrected chi connectivity index (χ3v) is 3.78. The first-order valence-corrected chi connectivity index (χ1v) is 7.40. The van der Waals surface area contributed by atoms with E-state index in [1.165, 1.54) is 16.8 Å². The largest absolute Gasteiger partial charge is 0.368 e. The smallest absolute Gasteiger partial charge is 0.228 e. The van der Waals surface area contributed by atoms with Crippen molar-refractivity contribution in [3.05, 3.63) is 29.3 Å². The lowest BCUT2D eigenvalue weighted by molar-refractivity contribution is -0.139. The Kier molecular flexibility index (Phi) is 4.07. The lowest BCUT2D eigenvalue weighted by Gasteiger charge is -2.38. The molecule has 3 nitrogen and oxygen atoms in total. The Morgan fingerprint density at radius 2 is 1.45 bits per heavy atom. The Morgan fingerprint density at radius 1 is 0.950 bits per heavy atom. The van der Waals surface area contributed by atoms with Crippen molar-refractivity contribution in [2.24, 2.45) is 5.41 Å². The zero-order valence-corrected chi connectivity index (χ0v) is 13.4. The number of amides is 1. The number of piperazine rings is 1. The number of hydrogen-bond donors (Lipinski definition) is 0. The zero-order chi connectivity index (χ0) is 14.9. The van der Waals surface area contributed by atoms with Crippen LogP contribution >= 0.6 is 0 Å². The van der Waals surface area contributed by atoms with E-state index in [4.69, 9.17) is 0 Å². The van der Waals surface area contributed by atoms with Crippen molar-refractivity contribution < 1.29 is 4.79 Å². The molecule has 2 rings (SSSR count). The standard InChI is InChI=1S/C17H26N2O/c1-13-10-14(2)12-15(11-13)18-6-8-19(9-7-18)16(20)17(3,4)5/h10-12H,6-9H2,1-5H3. The molecule has 0 N–H and O–H groups in total. The molecule has 1 aromatic carbocycles. The van der Waals surface area contributed by atoms with Gasteiger partial charge in [0.05, 0.1) is 0 Å². The van der Waals surface area contributed by atoms with E-state index in [0.29, 0.717) is 0 Å². The second kappa shape index (κ2) is 5.47. The second-order valence-corrected chi connectivity index (χ2v) is 6.88. The van der Waals surface area contributed by atoms with Crippen LogP contribution in [0.3, 0.4) is 0 Å². The maximum absolute atomic E-state index is 12.3. The van der Waals surface area contributed by atoms with Crippen LogP contribution in [-0.4, -0.2) is 37.0 Å². The van der Waals surface area contributed by atoms with Crippen LogP contribution < -0.4 is 4.90 Å². The molecular weight excluding hydrogens is 248 g/mol. The predicted molar refractivity (Wildman–Crippen MR) is 84.2 cm³/mol. The van der Waals surface area contributed by atoms with E-state index >= 15 is 0 Å². The van der Waals surface area contributed by atoms with Crippen molar-refractivity contribution in [3.63, 3.8) is 0 Å². The lowest BCUT2D eigenvalue weighted by atomic mass is 9.94. The van der Waals surface area contributed by atoms with E-state index in [0.717, 1.165) is 26.2 Å². The normalized spacial score (nSPS) is 16.4. The number of aryl methyl sites for hydroxylation is 2. The average molecular weight is 274 g/mol. The van der Waals surface area contributed by atoms with Gasteiger partial charge >= 0.3 is 0 Å². The number of rotatable bonds is 1. The molecule has 110 valence electrons. The highest BCUT2D eigenvalue weighted by Gasteiger charge is 2.29. The highest BCUT2D eigenvalue weighted by atomic mass is 16.2. The molecular formula is C17H26N2O. The molecule has 0 spiro atoms. The quantitative estimate of drug-likeness (QED) is 0.786. The number of nitrogens with zero attached hydrogens (tertiary/aromatic N) is 2. The van der Waals surface area contributed by atoms with Gasteiger partial charge in [0.15, 0.2) is 0 Å². The van der Waals surface area contributed by atoms with Gasteiger partial charge < -0.3 is 9.80 Å². The van der Waals surface area contributed by atoms with Crippen LogP contribution in [0.25, 0.3) is 0 Å². The Hall–Kier alpha value is -1.51. The summed E-state index contributed by atoms with van der Waals surface area (Å²) in [6.45, 7) is 13.7. The summed E-state index contributed by atoms with van der Waals surface area (Å²) >= 11 is 0. The third kappa shape index (κ3) is 3.33. The number of anilines is 1. The summed E-state index contributed by atoms with van der Waals surface area (Å²) < 4.78 is 0. The molecule has 1 saturated heterocycles. The molecule has 1 fully saturated rings. The molecule has 0 saturated carbocycles. The molecule has 0 aromatic heterocycles. The molecule has 0 bridgehead atoms. The second-order valence-electron chi connectivity index (χ2n) is 6.88. The van der Waals surface area contributed by atoms with Crippen LogP contribution in [0.15, 0.2) is 18.2 Å². The molecule has 0 aliphatic carbocycles. The zero-order valence-electron chi connectivity index (χ0n) is 13.4. The Labute approximate surface area is 122 Å². The van der Waals surface area contributed by atoms with Gasteiger partial charge in [-0.2, -0.15) is 0 Å². The highest BCUT2D eigenvalue weighted by Crippen LogP contribution is 2.23. The fourth-order valence-corrected chi connectivity index (χ4v) is 2.78. The molecule has 20 heavy (non-hydrogen) atoms. The fourth-order valence-electron chi connectivity index (χ4n) is 2.78. The Balaban J connectivity index is 2.03. The van der Waals surface area contributed by atoms with Crippen LogP contribution in [0.1, 0.15) is 31.9 Å². The van der Waals surface area contributed by atoms with E-state index < -0.39 is 0 Å². The van der Waals surface area contributed by atoms with Crippen molar-refractivity contribution in [1.29, 1.82) is 0 Å². The van der Waals surface area contributed by atoms with Crippen LogP contribution in [-0.2, 0) is 4.79 Å². The molecule has 1 aliphatic rings. The third-order valence-electron chi connectivity index (χ3n) is 3.78. The Morgan fingerprint density at radius 3 is 1.90 bits per heavy atom. The maximum Gasteiger partial charge on any atom is 0.228 e. The molecule has 1 amide bonds. The van der Waals surface area contributed by atoms with Gasteiger partial charge in [-0.1, -0.05) is 26.8 Å². The SMILES string of the molecule is Cc1cc(C)cc(N2CCN(C(=O)C(C)(C)C)CC2)c1. The first-order chi connectivity index (χ1) is 9.27. The first kappa shape index (κ1) is 14.9. The summed E-state index contributed by atoms with van der Waals surface area (Å²) in [5.74, 6) is 0.262. The van der Waals surface area contributed by atoms with Crippen molar-refractivity contribution in [3.8, 4) is 0 Å². The average Bonchev–Trinajstić information content (AvgIpc) is 2.36. The molecule has 0 unspecified atom stereocenters. The van der Waals surface area contributed by atoms with Gasteiger partial charge in [-0.05, 0) is 37.1 Å². The monoisotopic (exact) mass is 274 g/mol. The Bertz CT molecular complexity index is 474. The minimum Gasteiger partial charge on any atom is -0.368 e. The van der Waals surface area contributed by atoms with Gasteiger partial charge in [0, 0.05) is 37.3 Å². The minimum atomic E-state index is -0.276. The van der Waals surface area contributed by atoms with Gasteiger partial charge in [-0.3, -0.25) is 4.79 Å². The number of carbonyl (C=O) groups excluding carboxylic acids is 1. The maximum atomic E-state index is 12.3. The van der Waals surface area contributed by atoms with E-state index in [1.54, 1.807) is 0 Å². The van der Waals surface area contributed by atoms with E-state index in [-0.39, 0.29) is 11.3 Å². The highest BCUT2D eigenvalue weighted by molar-refractivity contribution is 5.81. The molecule has 1 aliphatic heterocycles. The fraction of sp³-hybridized carbons (Fsp3) is 0.588. The number of carbonyl (C=O) groups is 1. The van der Waals surface area contributed by atoms with E-state index in [1.807, 2.05) is 25.7 Å². The molecule has 0 radical (unpaired) electrons. The van der Waals surface area contributed by atoms with Crippen molar-refractivity contribution >= 4 is 11.6 Å². The summed E-state index contributed by atoms with van der Waals surface area (Å²) in [5, 5.41) is 0. The summed E-state index contributed by atoms with van der Waals surface area (Å²) in [5.41, 5.74) is 3.61. The predicted octanol–water partition coefficient (Wildman–Crippen LogP) is 3.00. The van der Waals surface area contributed by atoms with Crippen LogP contribution in [0.4, 0.5) is 5.69 Å². The molecule has 0 atom stereocenters. The van der Waals surface area contributed by atoms with Gasteiger partial charge in [0.1, 0.15) is 0 Å². The van der Waals surface area contributed by atoms with Crippen molar-refractivity contribution in [1.82, 2.24) is 4.90 Å². The topological polar surface area (TPSA) is 23.6 Å². The van der Waals surface area contributed by atoms with Crippen molar-refractivity contribution in [2.75, 3.05) is 31.1 Å². The summed E-state index contributed by atoms with van der Waals surface area (Å²) in [6, 6.07) is 6.66. The first-order valence-electron chi connectivity index (χ1n) is 7.40. The van der Waals surface area contributed by atoms with Gasteiger partial charge in [0.25, 0.3) is 0 Å². The van der Waals surface area contributed by atoms with Crippen molar-refractivity contribution in [2.45, 2.75) is 34.6 Å². The molecule has 1 heterocycles. The van der Waals surface area contributed by atoms with E-state index in [9.17, 15) is 4.79 Å². The number of hydrogen-bond acceptors (Lipinski definition) is 2. The van der Waals surface area contributed by atoms with Crippen LogP contribution in [0.2, 0.25) is 0 Å². The minimum absolute atomic E-state index is 0.262. The van der Waals surface area contributed by atoms with Crippen LogP contribution in [0, 0.1) is 19.3 Å². The summed E-state index contributed by atoms with van der Waals surface area (Å²) in [4.78, 5) is 16.7. The summed E-state index contributed by atoms with van der Waals surface area (Å²) in [6.07, 6.45) is 0. The molecule has 1 aromatic rings. The van der Waals surface area contributed by atoms with Gasteiger partial charge in [-0.15, -0.1) is 0 Å². The number of benzene rings is 1. The van der Waals surface area contributed by atoms with E-state index in [2.05, 4.69) is 36.9 Å². The van der Waals surface area contributed by atoms with Gasteiger partial charge in [0.2, 0.25) is 5.91 Å². The lowest BCUT2D eigenvalue weighted by Crippen LogP contribution is -2.51. The van der Waals surface area contributed by atoms with Crippen LogP contribution in [0.5, 0.6) is 0 Å². The molecule has 3 heteroatoms. The summed E-state index contributed by atoms with van der Waals surface area (Å²) in [7, 11) is 0.